The van der Waals surface area contributed by atoms with E-state index in [2.05, 4.69) is 10.2 Å². The van der Waals surface area contributed by atoms with Gasteiger partial charge in [0, 0.05) is 39.4 Å². The summed E-state index contributed by atoms with van der Waals surface area (Å²) >= 11 is 6.11. The quantitative estimate of drug-likeness (QED) is 0.521. The van der Waals surface area contributed by atoms with Crippen molar-refractivity contribution in [1.82, 2.24) is 14.5 Å². The molecule has 1 aromatic rings. The van der Waals surface area contributed by atoms with E-state index in [-0.39, 0.29) is 18.1 Å². The number of hydrogen-bond acceptors (Lipinski definition) is 7. The first-order valence-electron chi connectivity index (χ1n) is 11.3. The van der Waals surface area contributed by atoms with Gasteiger partial charge in [-0.15, -0.1) is 0 Å². The van der Waals surface area contributed by atoms with Crippen molar-refractivity contribution in [3.8, 4) is 5.75 Å². The lowest BCUT2D eigenvalue weighted by Gasteiger charge is -2.39. The van der Waals surface area contributed by atoms with Gasteiger partial charge in [0.1, 0.15) is 5.75 Å². The summed E-state index contributed by atoms with van der Waals surface area (Å²) in [5.41, 5.74) is 6.52. The number of methoxy groups -OCH3 is 2. The fourth-order valence-electron chi connectivity index (χ4n) is 4.64. The summed E-state index contributed by atoms with van der Waals surface area (Å²) in [6, 6.07) is 2.95. The molecule has 0 unspecified atom stereocenters. The normalized spacial score (nSPS) is 23.4. The molecule has 33 heavy (non-hydrogen) atoms. The van der Waals surface area contributed by atoms with E-state index in [9.17, 15) is 13.2 Å². The predicted molar refractivity (Wildman–Crippen MR) is 129 cm³/mol. The number of halogens is 1. The predicted octanol–water partition coefficient (Wildman–Crippen LogP) is 1.81. The molecule has 0 bridgehead atoms. The third kappa shape index (κ3) is 6.73. The molecular formula is C22H35ClN4O5S. The van der Waals surface area contributed by atoms with E-state index in [1.807, 2.05) is 0 Å². The van der Waals surface area contributed by atoms with Crippen LogP contribution < -0.4 is 15.8 Å². The van der Waals surface area contributed by atoms with Crippen molar-refractivity contribution >= 4 is 33.2 Å². The second-order valence-electron chi connectivity index (χ2n) is 8.91. The summed E-state index contributed by atoms with van der Waals surface area (Å²) < 4.78 is 36.0. The van der Waals surface area contributed by atoms with Gasteiger partial charge in [0.25, 0.3) is 5.91 Å². The highest BCUT2D eigenvalue weighted by molar-refractivity contribution is 7.88. The van der Waals surface area contributed by atoms with Crippen LogP contribution >= 0.6 is 11.6 Å². The Hall–Kier alpha value is -1.59. The van der Waals surface area contributed by atoms with Crippen LogP contribution in [0.1, 0.15) is 36.0 Å². The molecule has 0 radical (unpaired) electrons. The largest absolute Gasteiger partial charge is 0.496 e. The zero-order valence-electron chi connectivity index (χ0n) is 19.5. The number of nitrogens with one attached hydrogen (secondary N) is 1. The fourth-order valence-corrected chi connectivity index (χ4v) is 5.68. The molecule has 0 aliphatic carbocycles. The van der Waals surface area contributed by atoms with Gasteiger partial charge in [-0.05, 0) is 44.2 Å². The molecule has 2 fully saturated rings. The van der Waals surface area contributed by atoms with E-state index >= 15 is 0 Å². The Labute approximate surface area is 201 Å². The van der Waals surface area contributed by atoms with Crippen LogP contribution in [0.2, 0.25) is 5.02 Å². The molecule has 2 heterocycles. The Morgan fingerprint density at radius 2 is 1.91 bits per heavy atom. The number of likely N-dealkylation sites (tertiary alicyclic amines) is 1. The zero-order chi connectivity index (χ0) is 24.2. The summed E-state index contributed by atoms with van der Waals surface area (Å²) in [4.78, 5) is 15.3. The average molecular weight is 503 g/mol. The average Bonchev–Trinajstić information content (AvgIpc) is 2.79. The molecule has 186 valence electrons. The smallest absolute Gasteiger partial charge is 0.255 e. The zero-order valence-corrected chi connectivity index (χ0v) is 21.1. The minimum absolute atomic E-state index is 0.127. The number of ether oxygens (including phenoxy) is 2. The maximum absolute atomic E-state index is 12.9. The van der Waals surface area contributed by atoms with Crippen LogP contribution in [0.15, 0.2) is 12.1 Å². The van der Waals surface area contributed by atoms with E-state index in [4.69, 9.17) is 26.8 Å². The number of sulfonamides is 1. The van der Waals surface area contributed by atoms with Gasteiger partial charge in [-0.1, -0.05) is 11.6 Å². The van der Waals surface area contributed by atoms with Crippen LogP contribution in [0.3, 0.4) is 0 Å². The van der Waals surface area contributed by atoms with Gasteiger partial charge >= 0.3 is 0 Å². The Kier molecular flexibility index (Phi) is 8.85. The second-order valence-corrected chi connectivity index (χ2v) is 11.3. The minimum atomic E-state index is -3.09. The molecule has 0 saturated carbocycles. The van der Waals surface area contributed by atoms with Crippen LogP contribution in [0.4, 0.5) is 5.69 Å². The van der Waals surface area contributed by atoms with Crippen LogP contribution in [-0.4, -0.2) is 88.9 Å². The molecule has 2 aliphatic rings. The monoisotopic (exact) mass is 502 g/mol. The number of benzene rings is 1. The Morgan fingerprint density at radius 1 is 1.21 bits per heavy atom. The van der Waals surface area contributed by atoms with E-state index in [0.29, 0.717) is 41.0 Å². The van der Waals surface area contributed by atoms with Crippen molar-refractivity contribution in [2.24, 2.45) is 5.92 Å². The number of carbonyl (C=O) groups excluding carboxylic acids is 1. The summed E-state index contributed by atoms with van der Waals surface area (Å²) in [5.74, 6) is 0.638. The highest BCUT2D eigenvalue weighted by Crippen LogP contribution is 2.29. The molecule has 3 rings (SSSR count). The number of nitrogens with two attached hydrogens (primary N) is 1. The summed E-state index contributed by atoms with van der Waals surface area (Å²) in [6.07, 6.45) is 4.75. The van der Waals surface area contributed by atoms with Gasteiger partial charge in [0.05, 0.1) is 41.8 Å². The van der Waals surface area contributed by atoms with Crippen molar-refractivity contribution in [3.63, 3.8) is 0 Å². The molecule has 11 heteroatoms. The standard InChI is InChI=1S/C22H35ClN4O5S/c1-31-20-13-18(24)17(23)12-16(20)22(28)25-19-7-9-26(14-21(19)32-2)8-4-15-5-10-27(11-6-15)33(3,29)30/h12-13,15,19,21H,4-11,14,24H2,1-3H3,(H,25,28)/t19-,21+/m0/s1. The molecule has 3 N–H and O–H groups in total. The van der Waals surface area contributed by atoms with Crippen molar-refractivity contribution in [2.75, 3.05) is 58.9 Å². The van der Waals surface area contributed by atoms with Crippen LogP contribution in [0, 0.1) is 5.92 Å². The molecule has 9 nitrogen and oxygen atoms in total. The number of nitrogens with zero attached hydrogens (tertiary/aromatic N) is 2. The van der Waals surface area contributed by atoms with Gasteiger partial charge in [-0.2, -0.15) is 0 Å². The molecule has 2 aliphatic heterocycles. The highest BCUT2D eigenvalue weighted by Gasteiger charge is 2.32. The number of amides is 1. The second kappa shape index (κ2) is 11.2. The molecule has 2 saturated heterocycles. The first-order valence-corrected chi connectivity index (χ1v) is 13.5. The Balaban J connectivity index is 1.51. The fraction of sp³-hybridized carbons (Fsp3) is 0.682. The Bertz CT molecular complexity index is 937. The summed E-state index contributed by atoms with van der Waals surface area (Å²) in [7, 11) is 0.0584. The highest BCUT2D eigenvalue weighted by atomic mass is 35.5. The molecule has 0 aromatic heterocycles. The van der Waals surface area contributed by atoms with E-state index < -0.39 is 10.0 Å². The van der Waals surface area contributed by atoms with E-state index in [0.717, 1.165) is 45.3 Å². The SMILES string of the molecule is COc1cc(N)c(Cl)cc1C(=O)N[C@H]1CCN(CCC2CCN(S(C)(=O)=O)CC2)C[C@H]1OC. The molecule has 1 amide bonds. The molecule has 0 spiro atoms. The molecular weight excluding hydrogens is 468 g/mol. The molecule has 1 aromatic carbocycles. The number of carbonyl (C=O) groups is 1. The Morgan fingerprint density at radius 3 is 2.52 bits per heavy atom. The maximum Gasteiger partial charge on any atom is 0.255 e. The van der Waals surface area contributed by atoms with Gasteiger partial charge in [0.2, 0.25) is 10.0 Å². The topological polar surface area (TPSA) is 114 Å². The van der Waals surface area contributed by atoms with Crippen LogP contribution in [-0.2, 0) is 14.8 Å². The van der Waals surface area contributed by atoms with Crippen LogP contribution in [0.5, 0.6) is 5.75 Å². The lowest BCUT2D eigenvalue weighted by Crippen LogP contribution is -2.55. The van der Waals surface area contributed by atoms with E-state index in [1.54, 1.807) is 17.5 Å². The summed E-state index contributed by atoms with van der Waals surface area (Å²) in [5, 5.41) is 3.38. The third-order valence-electron chi connectivity index (χ3n) is 6.72. The van der Waals surface area contributed by atoms with Gasteiger partial charge in [-0.25, -0.2) is 12.7 Å². The van der Waals surface area contributed by atoms with Gasteiger partial charge < -0.3 is 25.4 Å². The maximum atomic E-state index is 12.9. The molecule has 2 atom stereocenters. The van der Waals surface area contributed by atoms with Gasteiger partial charge in [-0.3, -0.25) is 4.79 Å². The first kappa shape index (κ1) is 26.0. The lowest BCUT2D eigenvalue weighted by molar-refractivity contribution is 0.00441. The summed E-state index contributed by atoms with van der Waals surface area (Å²) in [6.45, 7) is 3.73. The number of nitrogen functional groups attached to an aromatic ring is 1. The number of hydrogen-bond donors (Lipinski definition) is 2. The van der Waals surface area contributed by atoms with Crippen molar-refractivity contribution in [3.05, 3.63) is 22.7 Å². The number of piperidine rings is 2. The van der Waals surface area contributed by atoms with Crippen LogP contribution in [0.25, 0.3) is 0 Å². The third-order valence-corrected chi connectivity index (χ3v) is 8.35. The number of anilines is 1. The first-order chi connectivity index (χ1) is 15.6. The van der Waals surface area contributed by atoms with Gasteiger partial charge in [0.15, 0.2) is 0 Å². The van der Waals surface area contributed by atoms with Crippen molar-refractivity contribution in [1.29, 1.82) is 0 Å². The van der Waals surface area contributed by atoms with E-state index in [1.165, 1.54) is 19.4 Å². The lowest BCUT2D eigenvalue weighted by atomic mass is 9.93. The van der Waals surface area contributed by atoms with Crippen molar-refractivity contribution < 1.29 is 22.7 Å². The number of rotatable bonds is 8. The minimum Gasteiger partial charge on any atom is -0.496 e. The van der Waals surface area contributed by atoms with Crippen molar-refractivity contribution in [2.45, 2.75) is 37.8 Å².